The molecule has 0 bridgehead atoms. The van der Waals surface area contributed by atoms with Gasteiger partial charge >= 0.3 is 12.6 Å². The number of nitrogens with zero attached hydrogens (tertiary/aromatic N) is 1. The summed E-state index contributed by atoms with van der Waals surface area (Å²) >= 11 is 0. The number of rotatable bonds is 3. The molecule has 90 valence electrons. The Hall–Kier alpha value is -2.36. The zero-order chi connectivity index (χ0) is 13.0. The van der Waals surface area contributed by atoms with E-state index in [1.807, 2.05) is 0 Å². The van der Waals surface area contributed by atoms with Crippen LogP contribution in [0.4, 0.5) is 8.78 Å². The Balaban J connectivity index is 3.33. The summed E-state index contributed by atoms with van der Waals surface area (Å²) in [6.07, 6.45) is 0. The Bertz CT molecular complexity index is 482. The van der Waals surface area contributed by atoms with E-state index in [1.165, 1.54) is 0 Å². The normalized spacial score (nSPS) is 9.82. The third-order valence-corrected chi connectivity index (χ3v) is 1.86. The van der Waals surface area contributed by atoms with Crippen LogP contribution in [0.15, 0.2) is 12.1 Å². The van der Waals surface area contributed by atoms with E-state index in [0.717, 1.165) is 19.2 Å². The van der Waals surface area contributed by atoms with Crippen LogP contribution in [0.2, 0.25) is 0 Å². The number of phenols is 1. The van der Waals surface area contributed by atoms with Crippen LogP contribution in [0.5, 0.6) is 11.5 Å². The fourth-order valence-corrected chi connectivity index (χ4v) is 1.14. The minimum Gasteiger partial charge on any atom is -0.504 e. The van der Waals surface area contributed by atoms with Crippen molar-refractivity contribution < 1.29 is 28.2 Å². The first-order valence-corrected chi connectivity index (χ1v) is 4.30. The van der Waals surface area contributed by atoms with Crippen molar-refractivity contribution in [1.29, 1.82) is 5.26 Å². The second kappa shape index (κ2) is 5.12. The first kappa shape index (κ1) is 12.7. The molecule has 0 radical (unpaired) electrons. The summed E-state index contributed by atoms with van der Waals surface area (Å²) in [6.45, 7) is -3.22. The SMILES string of the molecule is COC(=O)c1ccc(C#N)c(OC(F)F)c1O. The molecular weight excluding hydrogens is 236 g/mol. The largest absolute Gasteiger partial charge is 0.504 e. The zero-order valence-corrected chi connectivity index (χ0v) is 8.61. The van der Waals surface area contributed by atoms with Gasteiger partial charge in [0.05, 0.1) is 12.7 Å². The Morgan fingerprint density at radius 3 is 2.65 bits per heavy atom. The molecule has 1 aromatic rings. The van der Waals surface area contributed by atoms with Gasteiger partial charge in [0, 0.05) is 0 Å². The number of halogens is 2. The number of ether oxygens (including phenoxy) is 2. The van der Waals surface area contributed by atoms with Gasteiger partial charge in [-0.3, -0.25) is 0 Å². The molecular formula is C10H7F2NO4. The van der Waals surface area contributed by atoms with Gasteiger partial charge < -0.3 is 14.6 Å². The van der Waals surface area contributed by atoms with Crippen molar-refractivity contribution in [3.05, 3.63) is 23.3 Å². The van der Waals surface area contributed by atoms with Gasteiger partial charge in [-0.2, -0.15) is 14.0 Å². The summed E-state index contributed by atoms with van der Waals surface area (Å²) in [6, 6.07) is 3.71. The van der Waals surface area contributed by atoms with Crippen LogP contribution in [0.1, 0.15) is 15.9 Å². The van der Waals surface area contributed by atoms with Crippen LogP contribution in [0.3, 0.4) is 0 Å². The third-order valence-electron chi connectivity index (χ3n) is 1.86. The molecule has 0 aliphatic carbocycles. The van der Waals surface area contributed by atoms with Crippen molar-refractivity contribution in [2.45, 2.75) is 6.61 Å². The summed E-state index contributed by atoms with van der Waals surface area (Å²) in [7, 11) is 1.06. The molecule has 1 N–H and O–H groups in total. The topological polar surface area (TPSA) is 79.6 Å². The van der Waals surface area contributed by atoms with Crippen molar-refractivity contribution in [3.63, 3.8) is 0 Å². The Morgan fingerprint density at radius 2 is 2.18 bits per heavy atom. The van der Waals surface area contributed by atoms with E-state index in [1.54, 1.807) is 6.07 Å². The fraction of sp³-hybridized carbons (Fsp3) is 0.200. The minimum absolute atomic E-state index is 0.310. The molecule has 0 amide bonds. The maximum atomic E-state index is 12.1. The first-order chi connectivity index (χ1) is 8.01. The number of alkyl halides is 2. The standard InChI is InChI=1S/C10H7F2NO4/c1-16-9(15)6-3-2-5(4-13)8(7(6)14)17-10(11)12/h2-3,10,14H,1H3. The monoisotopic (exact) mass is 243 g/mol. The molecule has 0 saturated carbocycles. The van der Waals surface area contributed by atoms with E-state index < -0.39 is 24.1 Å². The van der Waals surface area contributed by atoms with Gasteiger partial charge in [0.1, 0.15) is 11.6 Å². The molecule has 1 aromatic carbocycles. The number of carbonyl (C=O) groups is 1. The van der Waals surface area contributed by atoms with Gasteiger partial charge in [-0.05, 0) is 12.1 Å². The number of aromatic hydroxyl groups is 1. The third kappa shape index (κ3) is 2.60. The van der Waals surface area contributed by atoms with E-state index in [0.29, 0.717) is 0 Å². The average molecular weight is 243 g/mol. The van der Waals surface area contributed by atoms with Gasteiger partial charge in [0.2, 0.25) is 0 Å². The van der Waals surface area contributed by atoms with Gasteiger partial charge in [0.25, 0.3) is 0 Å². The number of nitriles is 1. The van der Waals surface area contributed by atoms with E-state index in [4.69, 9.17) is 5.26 Å². The van der Waals surface area contributed by atoms with Crippen molar-refractivity contribution >= 4 is 5.97 Å². The highest BCUT2D eigenvalue weighted by Crippen LogP contribution is 2.35. The summed E-state index contributed by atoms with van der Waals surface area (Å²) < 4.78 is 32.5. The molecule has 0 atom stereocenters. The highest BCUT2D eigenvalue weighted by Gasteiger charge is 2.21. The number of benzene rings is 1. The smallest absolute Gasteiger partial charge is 0.387 e. The predicted molar refractivity (Wildman–Crippen MR) is 50.8 cm³/mol. The molecule has 0 unspecified atom stereocenters. The number of esters is 1. The number of carbonyl (C=O) groups excluding carboxylic acids is 1. The van der Waals surface area contributed by atoms with Crippen LogP contribution in [-0.4, -0.2) is 24.8 Å². The average Bonchev–Trinajstić information content (AvgIpc) is 2.30. The Morgan fingerprint density at radius 1 is 1.53 bits per heavy atom. The van der Waals surface area contributed by atoms with E-state index in [9.17, 15) is 18.7 Å². The lowest BCUT2D eigenvalue weighted by Crippen LogP contribution is -2.07. The van der Waals surface area contributed by atoms with Crippen LogP contribution < -0.4 is 4.74 Å². The lowest BCUT2D eigenvalue weighted by molar-refractivity contribution is -0.0515. The highest BCUT2D eigenvalue weighted by molar-refractivity contribution is 5.93. The van der Waals surface area contributed by atoms with Crippen molar-refractivity contribution in [2.75, 3.05) is 7.11 Å². The maximum Gasteiger partial charge on any atom is 0.387 e. The molecule has 5 nitrogen and oxygen atoms in total. The predicted octanol–water partition coefficient (Wildman–Crippen LogP) is 1.65. The lowest BCUT2D eigenvalue weighted by atomic mass is 10.1. The molecule has 0 fully saturated rings. The van der Waals surface area contributed by atoms with E-state index in [-0.39, 0.29) is 11.1 Å². The molecule has 7 heteroatoms. The number of methoxy groups -OCH3 is 1. The number of hydrogen-bond donors (Lipinski definition) is 1. The minimum atomic E-state index is -3.22. The van der Waals surface area contributed by atoms with Crippen LogP contribution in [0, 0.1) is 11.3 Å². The molecule has 0 heterocycles. The summed E-state index contributed by atoms with van der Waals surface area (Å²) in [5, 5.41) is 18.2. The van der Waals surface area contributed by atoms with Crippen molar-refractivity contribution in [1.82, 2.24) is 0 Å². The molecule has 0 aliphatic heterocycles. The van der Waals surface area contributed by atoms with Crippen molar-refractivity contribution in [3.8, 4) is 17.6 Å². The van der Waals surface area contributed by atoms with Gasteiger partial charge in [-0.25, -0.2) is 4.79 Å². The Kier molecular flexibility index (Phi) is 3.82. The zero-order valence-electron chi connectivity index (χ0n) is 8.61. The second-order valence-corrected chi connectivity index (χ2v) is 2.82. The maximum absolute atomic E-state index is 12.1. The lowest BCUT2D eigenvalue weighted by Gasteiger charge is -2.10. The van der Waals surface area contributed by atoms with Crippen molar-refractivity contribution in [2.24, 2.45) is 0 Å². The van der Waals surface area contributed by atoms with E-state index >= 15 is 0 Å². The van der Waals surface area contributed by atoms with Gasteiger partial charge in [-0.15, -0.1) is 0 Å². The quantitative estimate of drug-likeness (QED) is 0.816. The van der Waals surface area contributed by atoms with E-state index in [2.05, 4.69) is 9.47 Å². The summed E-state index contributed by atoms with van der Waals surface area (Å²) in [4.78, 5) is 11.2. The van der Waals surface area contributed by atoms with Gasteiger partial charge in [-0.1, -0.05) is 0 Å². The Labute approximate surface area is 94.8 Å². The summed E-state index contributed by atoms with van der Waals surface area (Å²) in [5.41, 5.74) is -0.669. The highest BCUT2D eigenvalue weighted by atomic mass is 19.3. The molecule has 0 saturated heterocycles. The number of phenolic OH excluding ortho intramolecular Hbond substituents is 1. The number of hydrogen-bond acceptors (Lipinski definition) is 5. The first-order valence-electron chi connectivity index (χ1n) is 4.30. The second-order valence-electron chi connectivity index (χ2n) is 2.82. The fourth-order valence-electron chi connectivity index (χ4n) is 1.14. The molecule has 17 heavy (non-hydrogen) atoms. The van der Waals surface area contributed by atoms with Crippen LogP contribution in [-0.2, 0) is 4.74 Å². The van der Waals surface area contributed by atoms with Gasteiger partial charge in [0.15, 0.2) is 11.5 Å². The molecule has 0 aromatic heterocycles. The molecule has 0 aliphatic rings. The van der Waals surface area contributed by atoms with Crippen LogP contribution in [0.25, 0.3) is 0 Å². The molecule has 0 spiro atoms. The molecule has 1 rings (SSSR count). The summed E-state index contributed by atoms with van der Waals surface area (Å²) in [5.74, 6) is -2.52. The van der Waals surface area contributed by atoms with Crippen LogP contribution >= 0.6 is 0 Å².